The molecule has 2 aromatic heterocycles. The van der Waals surface area contributed by atoms with Gasteiger partial charge in [0.15, 0.2) is 11.4 Å². The van der Waals surface area contributed by atoms with Gasteiger partial charge in [-0.05, 0) is 53.1 Å². The summed E-state index contributed by atoms with van der Waals surface area (Å²) in [7, 11) is 0. The molecule has 10 aromatic rings. The van der Waals surface area contributed by atoms with Gasteiger partial charge in [0.1, 0.15) is 28.8 Å². The number of furan rings is 2. The molecule has 1 N–H and O–H groups in total. The van der Waals surface area contributed by atoms with Gasteiger partial charge in [-0.1, -0.05) is 152 Å². The fraction of sp³-hybridized carbons (Fsp3) is 0.0196. The smallest absolute Gasteiger partial charge is 0.160 e. The van der Waals surface area contributed by atoms with E-state index in [0.29, 0.717) is 5.84 Å². The minimum Gasteiger partial charge on any atom is -0.456 e. The summed E-state index contributed by atoms with van der Waals surface area (Å²) in [6.07, 6.45) is -0.364. The number of nitrogens with one attached hydrogen (secondary N) is 1. The number of aliphatic imine (C=N–C) groups is 2. The van der Waals surface area contributed by atoms with Crippen LogP contribution in [-0.2, 0) is 0 Å². The summed E-state index contributed by atoms with van der Waals surface area (Å²) < 4.78 is 13.4. The maximum atomic E-state index is 6.71. The van der Waals surface area contributed by atoms with Crippen LogP contribution in [0.5, 0.6) is 0 Å². The van der Waals surface area contributed by atoms with Gasteiger partial charge in [-0.25, -0.2) is 9.98 Å². The van der Waals surface area contributed by atoms with Crippen LogP contribution in [0.25, 0.3) is 55.0 Å². The number of fused-ring (bicyclic) bond motifs is 6. The monoisotopic (exact) mass is 734 g/mol. The lowest BCUT2D eigenvalue weighted by Gasteiger charge is -2.27. The number of para-hydroxylation sites is 3. The van der Waals surface area contributed by atoms with Crippen molar-refractivity contribution in [1.82, 2.24) is 5.32 Å². The molecule has 1 aliphatic heterocycles. The molecule has 0 saturated carbocycles. The highest BCUT2D eigenvalue weighted by atomic mass is 16.3. The summed E-state index contributed by atoms with van der Waals surface area (Å²) >= 11 is 0. The SMILES string of the molecule is c1ccc(C2=NC(c3cc(N(c4ccc(-c5ccccc5)cc4)c4cccc5c4oc4ccccc45)cc4oc5ccccc5c34)=NC(c3ccccc3)N2)cc1. The van der Waals surface area contributed by atoms with Crippen LogP contribution in [0.2, 0.25) is 0 Å². The first kappa shape index (κ1) is 32.7. The molecular formula is C51H34N4O2. The van der Waals surface area contributed by atoms with E-state index >= 15 is 0 Å². The zero-order valence-corrected chi connectivity index (χ0v) is 30.7. The molecule has 0 bridgehead atoms. The first-order valence-electron chi connectivity index (χ1n) is 19.1. The number of anilines is 3. The minimum absolute atomic E-state index is 0.364. The normalized spacial score (nSPS) is 14.1. The quantitative estimate of drug-likeness (QED) is 0.177. The fourth-order valence-corrected chi connectivity index (χ4v) is 8.03. The highest BCUT2D eigenvalue weighted by molar-refractivity contribution is 6.23. The van der Waals surface area contributed by atoms with Crippen LogP contribution < -0.4 is 10.2 Å². The Morgan fingerprint density at radius 3 is 1.84 bits per heavy atom. The average molecular weight is 735 g/mol. The molecule has 0 amide bonds. The Morgan fingerprint density at radius 2 is 1.09 bits per heavy atom. The van der Waals surface area contributed by atoms with Crippen LogP contribution in [0.15, 0.2) is 213 Å². The highest BCUT2D eigenvalue weighted by Crippen LogP contribution is 2.45. The molecule has 1 unspecified atom stereocenters. The van der Waals surface area contributed by atoms with Crippen molar-refractivity contribution >= 4 is 72.6 Å². The van der Waals surface area contributed by atoms with E-state index in [9.17, 15) is 0 Å². The summed E-state index contributed by atoms with van der Waals surface area (Å²) in [4.78, 5) is 12.9. The molecule has 1 atom stereocenters. The Morgan fingerprint density at radius 1 is 0.474 bits per heavy atom. The van der Waals surface area contributed by atoms with Gasteiger partial charge in [0.05, 0.1) is 11.4 Å². The largest absolute Gasteiger partial charge is 0.456 e. The van der Waals surface area contributed by atoms with Gasteiger partial charge < -0.3 is 19.1 Å². The molecule has 8 aromatic carbocycles. The predicted octanol–water partition coefficient (Wildman–Crippen LogP) is 13.1. The summed E-state index contributed by atoms with van der Waals surface area (Å²) in [5, 5.41) is 7.70. The second-order valence-electron chi connectivity index (χ2n) is 14.2. The molecule has 0 fully saturated rings. The molecule has 270 valence electrons. The van der Waals surface area contributed by atoms with Gasteiger partial charge in [0.25, 0.3) is 0 Å². The molecule has 1 aliphatic rings. The van der Waals surface area contributed by atoms with Gasteiger partial charge >= 0.3 is 0 Å². The van der Waals surface area contributed by atoms with Crippen molar-refractivity contribution in [3.05, 3.63) is 211 Å². The lowest BCUT2D eigenvalue weighted by atomic mass is 10.0. The molecular weight excluding hydrogens is 701 g/mol. The topological polar surface area (TPSA) is 66.3 Å². The van der Waals surface area contributed by atoms with E-state index in [-0.39, 0.29) is 6.17 Å². The second-order valence-corrected chi connectivity index (χ2v) is 14.2. The maximum Gasteiger partial charge on any atom is 0.160 e. The molecule has 57 heavy (non-hydrogen) atoms. The van der Waals surface area contributed by atoms with Crippen LogP contribution >= 0.6 is 0 Å². The number of rotatable bonds is 7. The number of benzene rings is 8. The fourth-order valence-electron chi connectivity index (χ4n) is 8.03. The summed E-state index contributed by atoms with van der Waals surface area (Å²) in [6.45, 7) is 0. The maximum absolute atomic E-state index is 6.71. The molecule has 6 nitrogen and oxygen atoms in total. The molecule has 0 spiro atoms. The highest BCUT2D eigenvalue weighted by Gasteiger charge is 2.27. The number of nitrogens with zero attached hydrogens (tertiary/aromatic N) is 3. The Kier molecular flexibility index (Phi) is 7.78. The lowest BCUT2D eigenvalue weighted by molar-refractivity contribution is 0.667. The first-order valence-corrected chi connectivity index (χ1v) is 19.1. The van der Waals surface area contributed by atoms with Crippen molar-refractivity contribution in [3.63, 3.8) is 0 Å². The Balaban J connectivity index is 1.18. The van der Waals surface area contributed by atoms with E-state index in [4.69, 9.17) is 18.8 Å². The second kappa shape index (κ2) is 13.6. The van der Waals surface area contributed by atoms with Crippen molar-refractivity contribution in [2.75, 3.05) is 4.90 Å². The predicted molar refractivity (Wildman–Crippen MR) is 233 cm³/mol. The minimum atomic E-state index is -0.364. The zero-order chi connectivity index (χ0) is 37.7. The van der Waals surface area contributed by atoms with E-state index < -0.39 is 0 Å². The van der Waals surface area contributed by atoms with Crippen LogP contribution in [0.1, 0.15) is 22.9 Å². The van der Waals surface area contributed by atoms with E-state index in [1.54, 1.807) is 0 Å². The average Bonchev–Trinajstić information content (AvgIpc) is 3.86. The van der Waals surface area contributed by atoms with Crippen molar-refractivity contribution < 1.29 is 8.83 Å². The third-order valence-electron chi connectivity index (χ3n) is 10.7. The van der Waals surface area contributed by atoms with E-state index in [1.165, 1.54) is 0 Å². The van der Waals surface area contributed by atoms with Gasteiger partial charge in [-0.2, -0.15) is 0 Å². The third kappa shape index (κ3) is 5.74. The summed E-state index contributed by atoms with van der Waals surface area (Å²) in [5.74, 6) is 1.36. The van der Waals surface area contributed by atoms with Crippen LogP contribution in [0, 0.1) is 0 Å². The van der Waals surface area contributed by atoms with E-state index in [2.05, 4.69) is 132 Å². The molecule has 3 heterocycles. The number of amidine groups is 2. The number of hydrogen-bond donors (Lipinski definition) is 1. The summed E-state index contributed by atoms with van der Waals surface area (Å²) in [6, 6.07) is 66.8. The van der Waals surface area contributed by atoms with Crippen LogP contribution in [0.3, 0.4) is 0 Å². The Labute approximate surface area is 328 Å². The van der Waals surface area contributed by atoms with Crippen molar-refractivity contribution in [2.45, 2.75) is 6.17 Å². The van der Waals surface area contributed by atoms with Crippen molar-refractivity contribution in [2.24, 2.45) is 9.98 Å². The van der Waals surface area contributed by atoms with E-state index in [1.807, 2.05) is 72.8 Å². The lowest BCUT2D eigenvalue weighted by Crippen LogP contribution is -2.33. The molecule has 0 aliphatic carbocycles. The Hall–Kier alpha value is -7.70. The van der Waals surface area contributed by atoms with Crippen LogP contribution in [0.4, 0.5) is 17.1 Å². The third-order valence-corrected chi connectivity index (χ3v) is 10.7. The zero-order valence-electron chi connectivity index (χ0n) is 30.7. The van der Waals surface area contributed by atoms with Crippen molar-refractivity contribution in [3.8, 4) is 11.1 Å². The molecule has 0 saturated heterocycles. The molecule has 0 radical (unpaired) electrons. The van der Waals surface area contributed by atoms with Crippen LogP contribution in [-0.4, -0.2) is 11.7 Å². The molecule has 6 heteroatoms. The van der Waals surface area contributed by atoms with Gasteiger partial charge in [-0.15, -0.1) is 0 Å². The van der Waals surface area contributed by atoms with Gasteiger partial charge in [0, 0.05) is 44.4 Å². The van der Waals surface area contributed by atoms with E-state index in [0.717, 1.165) is 94.6 Å². The Bertz CT molecular complexity index is 3150. The summed E-state index contributed by atoms with van der Waals surface area (Å²) in [5.41, 5.74) is 11.1. The standard InChI is InChI=1S/C51H34N4O2/c1-4-15-33(16-5-1)34-27-29-37(30-28-34)55(43-24-14-23-40-39-21-10-12-25-44(39)57-48(40)43)38-31-42(47-41-22-11-13-26-45(41)56-46(47)32-38)51-53-49(35-17-6-2-7-18-35)52-50(54-51)36-19-8-3-9-20-36/h1-32,49H,(H,52,53,54). The van der Waals surface area contributed by atoms with Crippen molar-refractivity contribution in [1.29, 1.82) is 0 Å². The first-order chi connectivity index (χ1) is 28.2. The number of hydrogen-bond acceptors (Lipinski definition) is 6. The molecule has 11 rings (SSSR count). The van der Waals surface area contributed by atoms with Gasteiger partial charge in [0.2, 0.25) is 0 Å². The van der Waals surface area contributed by atoms with Gasteiger partial charge in [-0.3, -0.25) is 0 Å².